The number of nitrogens with one attached hydrogen (secondary N) is 5. The average molecular weight is 1260 g/mol. The van der Waals surface area contributed by atoms with Gasteiger partial charge in [0.2, 0.25) is 0 Å². The first-order valence-corrected chi connectivity index (χ1v) is 24.8. The predicted octanol–water partition coefficient (Wildman–Crippen LogP) is 9.67. The highest BCUT2D eigenvalue weighted by molar-refractivity contribution is 9.11. The van der Waals surface area contributed by atoms with Gasteiger partial charge in [-0.2, -0.15) is 20.6 Å². The first kappa shape index (κ1) is 63.5. The van der Waals surface area contributed by atoms with E-state index < -0.39 is 12.2 Å². The molecule has 1 unspecified atom stereocenters. The third kappa shape index (κ3) is 23.5. The Hall–Kier alpha value is -3.50. The molecule has 0 fully saturated rings. The van der Waals surface area contributed by atoms with Crippen LogP contribution in [-0.4, -0.2) is 121 Å². The molecule has 0 saturated heterocycles. The van der Waals surface area contributed by atoms with Crippen LogP contribution in [0.25, 0.3) is 32.7 Å². The maximum absolute atomic E-state index is 12.5. The standard InChI is InChI=1S/C10H7BrN4S.C8H7BrN4S.C7H3BrFN.C7H6BrN3.C4H8Cl2O.C2H6O.CH4.B7/c11-6-1-2-8-7(5-6)9(15-14-8)13-10-12-3-4-16-10;9-4-1-2-6-5(3-4)7(13-12-6)11-8(10)14;8-6-1-2-7(9)5(3-6)4-10;8-4-1-2-6-5(3-4)7(9)11-10-6;1-2-7-4(6)3-5;1-2-3;;1-5-7(4)6(2)3/h1-5H,(H2,12,13,14,15);1-3H,(H4,10,11,12,13,14);1-3H;1-3H,(H3,9,10,11);4H,2-3H2,1H3;3H,2H2,1H3;1H4;. The molecule has 69 heavy (non-hydrogen) atoms. The second-order valence-electron chi connectivity index (χ2n) is 12.7. The molecule has 0 aliphatic carbocycles. The lowest BCUT2D eigenvalue weighted by atomic mass is 8.76. The van der Waals surface area contributed by atoms with E-state index in [9.17, 15) is 4.39 Å². The number of ether oxygens (including phenoxy) is 1. The highest BCUT2D eigenvalue weighted by atomic mass is 79.9. The van der Waals surface area contributed by atoms with E-state index >= 15 is 0 Å². The molecule has 0 bridgehead atoms. The summed E-state index contributed by atoms with van der Waals surface area (Å²) in [6.07, 6.45) is 0.836. The summed E-state index contributed by atoms with van der Waals surface area (Å²) in [5.41, 5.74) is 13.6. The van der Waals surface area contributed by atoms with Gasteiger partial charge in [0.1, 0.15) is 17.4 Å². The molecule has 30 heteroatoms. The molecule has 14 nitrogen and oxygen atoms in total. The third-order valence-electron chi connectivity index (χ3n) is 7.69. The number of nitrogen functional groups attached to an aromatic ring is 1. The second kappa shape index (κ2) is 34.8. The van der Waals surface area contributed by atoms with Gasteiger partial charge in [-0.05, 0) is 98.9 Å². The van der Waals surface area contributed by atoms with Gasteiger partial charge in [0.05, 0.1) is 28.0 Å². The van der Waals surface area contributed by atoms with Crippen LogP contribution in [0.15, 0.2) is 102 Å². The highest BCUT2D eigenvalue weighted by Crippen LogP contribution is 2.28. The average Bonchev–Trinajstić information content (AvgIpc) is 4.14. The van der Waals surface area contributed by atoms with Crippen molar-refractivity contribution in [2.45, 2.75) is 26.8 Å². The Bertz CT molecular complexity index is 2780. The summed E-state index contributed by atoms with van der Waals surface area (Å²) in [6.45, 7) is 4.43. The Kier molecular flexibility index (Phi) is 32.0. The van der Waals surface area contributed by atoms with Gasteiger partial charge >= 0.3 is 0 Å². The predicted molar refractivity (Wildman–Crippen MR) is 312 cm³/mol. The molecule has 1 atom stereocenters. The van der Waals surface area contributed by atoms with Gasteiger partial charge in [-0.15, -0.1) is 22.9 Å². The maximum Gasteiger partial charge on any atom is 0.188 e. The summed E-state index contributed by atoms with van der Waals surface area (Å²) in [5, 5.41) is 48.6. The largest absolute Gasteiger partial charge is 0.397 e. The molecule has 0 aliphatic rings. The first-order chi connectivity index (χ1) is 32.4. The van der Waals surface area contributed by atoms with Gasteiger partial charge in [0.25, 0.3) is 0 Å². The van der Waals surface area contributed by atoms with Gasteiger partial charge in [-0.1, -0.05) is 82.7 Å². The zero-order valence-corrected chi connectivity index (χ0v) is 45.5. The number of rotatable bonds is 8. The van der Waals surface area contributed by atoms with Crippen molar-refractivity contribution in [1.29, 1.82) is 5.26 Å². The van der Waals surface area contributed by atoms with E-state index in [4.69, 9.17) is 92.9 Å². The number of nitrogens with two attached hydrogens (primary N) is 2. The number of fused-ring (bicyclic) bond motifs is 3. The Labute approximate surface area is 460 Å². The molecule has 4 heterocycles. The fourth-order valence-electron chi connectivity index (χ4n) is 4.61. The fourth-order valence-corrected chi connectivity index (χ4v) is 6.89. The SMILES string of the molecule is Brc1ccc2[nH]nc(Nc3nccs3)c2c1.C.CCO.CCOC(Cl)CCl.N#Cc1cc(Br)ccc1F.NC(=S)Nc1n[nH]c2ccc(Br)cc12.Nc1n[nH]c2ccc(Br)cc12.[B][B]B([B])B([B])[B]. The Balaban J connectivity index is 0.000000418. The summed E-state index contributed by atoms with van der Waals surface area (Å²) in [4.78, 5) is 4.16. The van der Waals surface area contributed by atoms with E-state index in [-0.39, 0.29) is 36.7 Å². The third-order valence-corrected chi connectivity index (χ3v) is 11.2. The minimum absolute atomic E-state index is 0. The molecular formula is C39H41B7Br4Cl2FN12O2S2. The molecule has 351 valence electrons. The van der Waals surface area contributed by atoms with Gasteiger partial charge < -0.3 is 31.9 Å². The lowest BCUT2D eigenvalue weighted by Crippen LogP contribution is -2.43. The number of aromatic nitrogens is 7. The van der Waals surface area contributed by atoms with Gasteiger partial charge in [0, 0.05) is 110 Å². The number of hydrogen-bond donors (Lipinski definition) is 8. The van der Waals surface area contributed by atoms with E-state index in [1.54, 1.807) is 36.6 Å². The van der Waals surface area contributed by atoms with Crippen LogP contribution in [0.3, 0.4) is 0 Å². The number of H-pyrrole nitrogens is 3. The summed E-state index contributed by atoms with van der Waals surface area (Å²) in [5.74, 6) is 1.86. The number of aliphatic hydroxyl groups is 1. The normalized spacial score (nSPS) is 10.0. The highest BCUT2D eigenvalue weighted by Gasteiger charge is 2.09. The van der Waals surface area contributed by atoms with Crippen LogP contribution in [0.2, 0.25) is 0 Å². The lowest BCUT2D eigenvalue weighted by Gasteiger charge is -2.05. The molecule has 0 amide bonds. The van der Waals surface area contributed by atoms with E-state index in [2.05, 4.69) is 110 Å². The van der Waals surface area contributed by atoms with Crippen LogP contribution >= 0.6 is 110 Å². The van der Waals surface area contributed by atoms with Crippen molar-refractivity contribution < 1.29 is 14.2 Å². The van der Waals surface area contributed by atoms with Crippen LogP contribution in [0.4, 0.5) is 27.0 Å². The number of thiazole rings is 1. The number of hydrogen-bond acceptors (Lipinski definition) is 11. The summed E-state index contributed by atoms with van der Waals surface area (Å²) >= 11 is 30.3. The molecule has 4 aromatic carbocycles. The summed E-state index contributed by atoms with van der Waals surface area (Å²) in [6, 6.07) is 23.6. The van der Waals surface area contributed by atoms with Crippen LogP contribution in [0.1, 0.15) is 26.8 Å². The number of nitriles is 1. The van der Waals surface area contributed by atoms with Crippen LogP contribution in [0.5, 0.6) is 0 Å². The van der Waals surface area contributed by atoms with Crippen molar-refractivity contribution >= 4 is 222 Å². The molecule has 4 aromatic heterocycles. The fraction of sp³-hybridized carbons (Fsp3) is 0.179. The maximum atomic E-state index is 12.5. The number of thiocarbonyl (C=S) groups is 1. The zero-order chi connectivity index (χ0) is 50.8. The number of nitrogens with zero attached hydrogens (tertiary/aromatic N) is 5. The van der Waals surface area contributed by atoms with Crippen LogP contribution in [0, 0.1) is 17.1 Å². The van der Waals surface area contributed by atoms with Gasteiger partial charge in [-0.25, -0.2) is 9.37 Å². The molecule has 9 radical (unpaired) electrons. The van der Waals surface area contributed by atoms with Crippen LogP contribution in [-0.2, 0) is 4.74 Å². The lowest BCUT2D eigenvalue weighted by molar-refractivity contribution is 0.134. The number of aliphatic hydroxyl groups excluding tert-OH is 1. The molecule has 8 rings (SSSR count). The minimum Gasteiger partial charge on any atom is -0.397 e. The number of anilines is 4. The Morgan fingerprint density at radius 2 is 1.39 bits per heavy atom. The van der Waals surface area contributed by atoms with Crippen LogP contribution < -0.4 is 22.1 Å². The van der Waals surface area contributed by atoms with Crippen molar-refractivity contribution in [2.24, 2.45) is 5.73 Å². The number of alkyl halides is 2. The second-order valence-corrected chi connectivity index (χ2v) is 18.5. The van der Waals surface area contributed by atoms with Crippen molar-refractivity contribution in [3.63, 3.8) is 0 Å². The monoisotopic (exact) mass is 1250 g/mol. The van der Waals surface area contributed by atoms with E-state index in [1.165, 1.54) is 19.2 Å². The Morgan fingerprint density at radius 3 is 1.81 bits per heavy atom. The number of halogens is 7. The van der Waals surface area contributed by atoms with E-state index in [0.29, 0.717) is 28.6 Å². The summed E-state index contributed by atoms with van der Waals surface area (Å²) in [7, 11) is 21.6. The molecule has 8 aromatic rings. The molecular weight excluding hydrogens is 1220 g/mol. The number of benzene rings is 4. The van der Waals surface area contributed by atoms with Crippen molar-refractivity contribution in [2.75, 3.05) is 35.5 Å². The topological polar surface area (TPSA) is 228 Å². The first-order valence-electron chi connectivity index (χ1n) is 19.4. The molecule has 0 aliphatic heterocycles. The van der Waals surface area contributed by atoms with Crippen molar-refractivity contribution in [3.05, 3.63) is 114 Å². The van der Waals surface area contributed by atoms with E-state index in [1.807, 2.05) is 66.9 Å². The minimum atomic E-state index is -0.537. The quantitative estimate of drug-likeness (QED) is 0.0404. The molecule has 10 N–H and O–H groups in total. The molecule has 0 spiro atoms. The smallest absolute Gasteiger partial charge is 0.188 e. The van der Waals surface area contributed by atoms with Crippen molar-refractivity contribution in [3.8, 4) is 6.07 Å². The summed E-state index contributed by atoms with van der Waals surface area (Å²) < 4.78 is 21.1. The van der Waals surface area contributed by atoms with Gasteiger partial charge in [-0.3, -0.25) is 15.3 Å². The Morgan fingerprint density at radius 1 is 0.913 bits per heavy atom. The number of aromatic amines is 3. The van der Waals surface area contributed by atoms with E-state index in [0.717, 1.165) is 57.1 Å². The molecule has 0 saturated carbocycles. The zero-order valence-electron chi connectivity index (χ0n) is 36.0. The van der Waals surface area contributed by atoms with Crippen molar-refractivity contribution in [1.82, 2.24) is 35.6 Å². The van der Waals surface area contributed by atoms with Gasteiger partial charge in [0.15, 0.2) is 27.7 Å².